The molecule has 23 heavy (non-hydrogen) atoms. The molecule has 4 rings (SSSR count). The number of benzene rings is 1. The second kappa shape index (κ2) is 5.91. The number of hydrogen-bond acceptors (Lipinski definition) is 3. The van der Waals surface area contributed by atoms with E-state index >= 15 is 0 Å². The van der Waals surface area contributed by atoms with E-state index in [2.05, 4.69) is 23.5 Å². The monoisotopic (exact) mass is 312 g/mol. The summed E-state index contributed by atoms with van der Waals surface area (Å²) in [5.41, 5.74) is 3.55. The highest BCUT2D eigenvalue weighted by molar-refractivity contribution is 5.92. The first kappa shape index (κ1) is 14.6. The minimum atomic E-state index is 0.185. The average molecular weight is 312 g/mol. The molecule has 1 aromatic carbocycles. The molecule has 1 fully saturated rings. The number of piperidine rings is 1. The number of furan rings is 1. The second-order valence-electron chi connectivity index (χ2n) is 6.82. The van der Waals surface area contributed by atoms with E-state index < -0.39 is 0 Å². The largest absolute Gasteiger partial charge is 0.459 e. The molecule has 4 nitrogen and oxygen atoms in total. The molecule has 2 aromatic rings. The van der Waals surface area contributed by atoms with Gasteiger partial charge in [0.25, 0.3) is 0 Å². The molecule has 0 unspecified atom stereocenters. The highest BCUT2D eigenvalue weighted by Gasteiger charge is 2.23. The molecule has 1 amide bonds. The van der Waals surface area contributed by atoms with Crippen LogP contribution in [0.3, 0.4) is 0 Å². The summed E-state index contributed by atoms with van der Waals surface area (Å²) in [6, 6.07) is 6.85. The summed E-state index contributed by atoms with van der Waals surface area (Å²) >= 11 is 0. The molecule has 4 heteroatoms. The number of amides is 1. The summed E-state index contributed by atoms with van der Waals surface area (Å²) in [5, 5.41) is 4.94. The van der Waals surface area contributed by atoms with Crippen molar-refractivity contribution in [3.63, 3.8) is 0 Å². The zero-order valence-corrected chi connectivity index (χ0v) is 13.7. The minimum Gasteiger partial charge on any atom is -0.459 e. The molecule has 0 radical (unpaired) electrons. The Hall–Kier alpha value is -1.97. The second-order valence-corrected chi connectivity index (χ2v) is 6.82. The third kappa shape index (κ3) is 2.71. The lowest BCUT2D eigenvalue weighted by Crippen LogP contribution is -2.41. The Morgan fingerprint density at radius 1 is 1.22 bits per heavy atom. The van der Waals surface area contributed by atoms with Crippen LogP contribution >= 0.6 is 0 Å². The maximum atomic E-state index is 11.4. The van der Waals surface area contributed by atoms with Crippen LogP contribution in [-0.2, 0) is 17.6 Å². The summed E-state index contributed by atoms with van der Waals surface area (Å²) in [6.07, 6.45) is 6.71. The minimum absolute atomic E-state index is 0.185. The third-order valence-electron chi connectivity index (χ3n) is 5.28. The van der Waals surface area contributed by atoms with Gasteiger partial charge in [0.2, 0.25) is 5.91 Å². The Balaban J connectivity index is 1.56. The molecule has 1 N–H and O–H groups in total. The van der Waals surface area contributed by atoms with Gasteiger partial charge in [0.15, 0.2) is 5.58 Å². The van der Waals surface area contributed by atoms with Crippen molar-refractivity contribution in [2.24, 2.45) is 0 Å². The van der Waals surface area contributed by atoms with Crippen LogP contribution in [0.1, 0.15) is 43.9 Å². The lowest BCUT2D eigenvalue weighted by Gasteiger charge is -2.32. The van der Waals surface area contributed by atoms with Crippen LogP contribution in [-0.4, -0.2) is 29.9 Å². The normalized spacial score (nSPS) is 18.9. The molecular weight excluding hydrogens is 288 g/mol. The van der Waals surface area contributed by atoms with Crippen molar-refractivity contribution in [2.75, 3.05) is 18.4 Å². The smallest absolute Gasteiger partial charge is 0.219 e. The van der Waals surface area contributed by atoms with Gasteiger partial charge in [0, 0.05) is 43.4 Å². The molecule has 1 saturated heterocycles. The fourth-order valence-corrected chi connectivity index (χ4v) is 3.96. The topological polar surface area (TPSA) is 45.5 Å². The molecule has 1 aliphatic heterocycles. The predicted octanol–water partition coefficient (Wildman–Crippen LogP) is 3.73. The number of para-hydroxylation sites is 1. The van der Waals surface area contributed by atoms with Crippen molar-refractivity contribution >= 4 is 22.6 Å². The number of likely N-dealkylation sites (tertiary alicyclic amines) is 1. The number of rotatable bonds is 2. The van der Waals surface area contributed by atoms with Gasteiger partial charge in [-0.25, -0.2) is 0 Å². The van der Waals surface area contributed by atoms with Crippen LogP contribution in [0.5, 0.6) is 0 Å². The van der Waals surface area contributed by atoms with Crippen LogP contribution in [0.4, 0.5) is 5.69 Å². The maximum Gasteiger partial charge on any atom is 0.219 e. The van der Waals surface area contributed by atoms with Gasteiger partial charge >= 0.3 is 0 Å². The van der Waals surface area contributed by atoms with E-state index in [1.165, 1.54) is 29.6 Å². The number of aryl methyl sites for hydroxylation is 2. The number of nitrogens with one attached hydrogen (secondary N) is 1. The van der Waals surface area contributed by atoms with Crippen LogP contribution in [0.15, 0.2) is 22.6 Å². The first-order valence-electron chi connectivity index (χ1n) is 8.77. The van der Waals surface area contributed by atoms with E-state index in [9.17, 15) is 4.79 Å². The lowest BCUT2D eigenvalue weighted by molar-refractivity contribution is -0.129. The van der Waals surface area contributed by atoms with Gasteiger partial charge < -0.3 is 14.6 Å². The Morgan fingerprint density at radius 3 is 2.78 bits per heavy atom. The Kier molecular flexibility index (Phi) is 3.76. The van der Waals surface area contributed by atoms with Gasteiger partial charge in [0.05, 0.1) is 5.69 Å². The number of hydrogen-bond donors (Lipinski definition) is 1. The molecule has 0 atom stereocenters. The first-order chi connectivity index (χ1) is 11.2. The molecule has 1 aromatic heterocycles. The van der Waals surface area contributed by atoms with Crippen molar-refractivity contribution in [2.45, 2.75) is 51.5 Å². The zero-order valence-electron chi connectivity index (χ0n) is 13.7. The van der Waals surface area contributed by atoms with Gasteiger partial charge in [-0.3, -0.25) is 4.79 Å². The summed E-state index contributed by atoms with van der Waals surface area (Å²) in [6.45, 7) is 3.34. The summed E-state index contributed by atoms with van der Waals surface area (Å²) in [7, 11) is 0. The van der Waals surface area contributed by atoms with Crippen molar-refractivity contribution in [1.82, 2.24) is 4.90 Å². The predicted molar refractivity (Wildman–Crippen MR) is 91.8 cm³/mol. The highest BCUT2D eigenvalue weighted by Crippen LogP contribution is 2.36. The highest BCUT2D eigenvalue weighted by atomic mass is 16.3. The van der Waals surface area contributed by atoms with Gasteiger partial charge in [-0.05, 0) is 38.2 Å². The third-order valence-corrected chi connectivity index (χ3v) is 5.28. The van der Waals surface area contributed by atoms with Crippen molar-refractivity contribution in [3.8, 4) is 0 Å². The molecule has 2 heterocycles. The van der Waals surface area contributed by atoms with Crippen LogP contribution in [0.2, 0.25) is 0 Å². The number of carbonyl (C=O) groups excluding carboxylic acids is 1. The zero-order chi connectivity index (χ0) is 15.8. The van der Waals surface area contributed by atoms with Gasteiger partial charge in [-0.2, -0.15) is 0 Å². The molecule has 2 aliphatic rings. The van der Waals surface area contributed by atoms with E-state index in [4.69, 9.17) is 4.42 Å². The fraction of sp³-hybridized carbons (Fsp3) is 0.526. The quantitative estimate of drug-likeness (QED) is 0.919. The molecule has 0 bridgehead atoms. The lowest BCUT2D eigenvalue weighted by atomic mass is 9.96. The molecule has 122 valence electrons. The summed E-state index contributed by atoms with van der Waals surface area (Å²) in [4.78, 5) is 13.4. The van der Waals surface area contributed by atoms with Crippen LogP contribution in [0.25, 0.3) is 11.0 Å². The first-order valence-corrected chi connectivity index (χ1v) is 8.77. The van der Waals surface area contributed by atoms with Crippen LogP contribution in [0, 0.1) is 0 Å². The Morgan fingerprint density at radius 2 is 2.00 bits per heavy atom. The van der Waals surface area contributed by atoms with Crippen LogP contribution < -0.4 is 5.32 Å². The van der Waals surface area contributed by atoms with Gasteiger partial charge in [-0.15, -0.1) is 0 Å². The molecule has 1 aliphatic carbocycles. The summed E-state index contributed by atoms with van der Waals surface area (Å²) < 4.78 is 6.20. The number of carbonyl (C=O) groups is 1. The number of anilines is 1. The standard InChI is InChI=1S/C19H24N2O2/c1-13(22)21-11-9-14(10-12-21)20-17-7-4-6-16-15-5-2-3-8-18(15)23-19(16)17/h4,6-7,14,20H,2-3,5,8-12H2,1H3. The van der Waals surface area contributed by atoms with E-state index in [1.807, 2.05) is 4.90 Å². The van der Waals surface area contributed by atoms with Crippen molar-refractivity contribution in [1.29, 1.82) is 0 Å². The SMILES string of the molecule is CC(=O)N1CCC(Nc2cccc3c4c(oc23)CCCC4)CC1. The summed E-state index contributed by atoms with van der Waals surface area (Å²) in [5.74, 6) is 1.37. The number of nitrogens with zero attached hydrogens (tertiary/aromatic N) is 1. The molecule has 0 spiro atoms. The molecular formula is C19H24N2O2. The van der Waals surface area contributed by atoms with E-state index in [0.717, 1.165) is 50.0 Å². The van der Waals surface area contributed by atoms with Gasteiger partial charge in [-0.1, -0.05) is 12.1 Å². The van der Waals surface area contributed by atoms with Gasteiger partial charge in [0.1, 0.15) is 5.76 Å². The Bertz CT molecular complexity index is 726. The van der Waals surface area contributed by atoms with Crippen molar-refractivity contribution < 1.29 is 9.21 Å². The average Bonchev–Trinajstić information content (AvgIpc) is 2.95. The van der Waals surface area contributed by atoms with E-state index in [-0.39, 0.29) is 5.91 Å². The van der Waals surface area contributed by atoms with Crippen molar-refractivity contribution in [3.05, 3.63) is 29.5 Å². The molecule has 0 saturated carbocycles. The van der Waals surface area contributed by atoms with E-state index in [1.54, 1.807) is 6.92 Å². The fourth-order valence-electron chi connectivity index (χ4n) is 3.96. The maximum absolute atomic E-state index is 11.4. The van der Waals surface area contributed by atoms with E-state index in [0.29, 0.717) is 6.04 Å². The number of fused-ring (bicyclic) bond motifs is 3. The Labute approximate surface area is 136 Å².